The maximum Gasteiger partial charge on any atom is 0.262 e. The zero-order valence-corrected chi connectivity index (χ0v) is 13.9. The van der Waals surface area contributed by atoms with E-state index in [1.165, 1.54) is 0 Å². The normalized spacial score (nSPS) is 12.6. The molecule has 25 heavy (non-hydrogen) atoms. The number of rotatable bonds is 5. The predicted octanol–water partition coefficient (Wildman–Crippen LogP) is 3.27. The highest BCUT2D eigenvalue weighted by atomic mass is 35.5. The number of hydrogen-bond donors (Lipinski definition) is 2. The summed E-state index contributed by atoms with van der Waals surface area (Å²) < 4.78 is 5.25. The van der Waals surface area contributed by atoms with E-state index in [4.69, 9.17) is 16.3 Å². The fourth-order valence-corrected chi connectivity index (χ4v) is 2.61. The Hall–Kier alpha value is -2.86. The van der Waals surface area contributed by atoms with E-state index in [-0.39, 0.29) is 37.0 Å². The van der Waals surface area contributed by atoms with Crippen LogP contribution in [0.1, 0.15) is 23.2 Å². The maximum absolute atomic E-state index is 12.3. The van der Waals surface area contributed by atoms with Gasteiger partial charge in [-0.05, 0) is 36.4 Å². The second kappa shape index (κ2) is 7.36. The lowest BCUT2D eigenvalue weighted by Gasteiger charge is -2.18. The number of ether oxygens (including phenoxy) is 1. The zero-order chi connectivity index (χ0) is 17.8. The van der Waals surface area contributed by atoms with Gasteiger partial charge in [-0.2, -0.15) is 0 Å². The van der Waals surface area contributed by atoms with Gasteiger partial charge >= 0.3 is 0 Å². The number of anilines is 2. The van der Waals surface area contributed by atoms with E-state index in [2.05, 4.69) is 10.6 Å². The molecule has 1 heterocycles. The molecule has 1 aliphatic rings. The average Bonchev–Trinajstić information content (AvgIpc) is 2.59. The van der Waals surface area contributed by atoms with Crippen molar-refractivity contribution in [1.82, 2.24) is 0 Å². The molecule has 0 spiro atoms. The molecule has 2 aromatic carbocycles. The monoisotopic (exact) mass is 358 g/mol. The molecule has 2 aromatic rings. The third-order valence-electron chi connectivity index (χ3n) is 3.62. The van der Waals surface area contributed by atoms with Crippen molar-refractivity contribution in [3.05, 3.63) is 53.1 Å². The SMILES string of the molecule is O=C(CCC(=O)c1ccc2c(c1)NC(=O)CO2)Nc1cccc(Cl)c1. The van der Waals surface area contributed by atoms with Crippen LogP contribution in [0.25, 0.3) is 0 Å². The topological polar surface area (TPSA) is 84.5 Å². The number of hydrogen-bond acceptors (Lipinski definition) is 4. The minimum atomic E-state index is -0.273. The van der Waals surface area contributed by atoms with Crippen molar-refractivity contribution in [3.63, 3.8) is 0 Å². The van der Waals surface area contributed by atoms with Crippen LogP contribution in [-0.4, -0.2) is 24.2 Å². The van der Waals surface area contributed by atoms with Gasteiger partial charge < -0.3 is 15.4 Å². The van der Waals surface area contributed by atoms with E-state index in [1.54, 1.807) is 42.5 Å². The van der Waals surface area contributed by atoms with Gasteiger partial charge in [-0.25, -0.2) is 0 Å². The van der Waals surface area contributed by atoms with E-state index in [0.29, 0.717) is 27.7 Å². The Kier molecular flexibility index (Phi) is 5.00. The summed E-state index contributed by atoms with van der Waals surface area (Å²) in [5.74, 6) is -0.207. The molecule has 0 atom stereocenters. The Bertz CT molecular complexity index is 851. The van der Waals surface area contributed by atoms with E-state index in [1.807, 2.05) is 0 Å². The maximum atomic E-state index is 12.3. The van der Waals surface area contributed by atoms with Crippen LogP contribution in [0.3, 0.4) is 0 Å². The molecule has 3 rings (SSSR count). The van der Waals surface area contributed by atoms with E-state index in [9.17, 15) is 14.4 Å². The van der Waals surface area contributed by atoms with E-state index >= 15 is 0 Å². The lowest BCUT2D eigenvalue weighted by molar-refractivity contribution is -0.118. The van der Waals surface area contributed by atoms with Gasteiger partial charge in [0.05, 0.1) is 5.69 Å². The average molecular weight is 359 g/mol. The molecule has 1 aliphatic heterocycles. The number of halogens is 1. The van der Waals surface area contributed by atoms with Gasteiger partial charge in [0.1, 0.15) is 5.75 Å². The first kappa shape index (κ1) is 17.0. The van der Waals surface area contributed by atoms with E-state index < -0.39 is 0 Å². The Morgan fingerprint density at radius 3 is 2.80 bits per heavy atom. The highest BCUT2D eigenvalue weighted by molar-refractivity contribution is 6.30. The summed E-state index contributed by atoms with van der Waals surface area (Å²) in [4.78, 5) is 35.6. The van der Waals surface area contributed by atoms with Crippen molar-refractivity contribution >= 4 is 40.6 Å². The molecule has 0 unspecified atom stereocenters. The molecule has 0 aliphatic carbocycles. The summed E-state index contributed by atoms with van der Waals surface area (Å²) in [5, 5.41) is 5.86. The predicted molar refractivity (Wildman–Crippen MR) is 94.2 cm³/mol. The highest BCUT2D eigenvalue weighted by Gasteiger charge is 2.18. The van der Waals surface area contributed by atoms with Crippen molar-refractivity contribution in [2.24, 2.45) is 0 Å². The first-order valence-corrected chi connectivity index (χ1v) is 8.04. The van der Waals surface area contributed by atoms with Crippen molar-refractivity contribution in [2.45, 2.75) is 12.8 Å². The molecule has 0 bridgehead atoms. The van der Waals surface area contributed by atoms with Crippen molar-refractivity contribution in [3.8, 4) is 5.75 Å². The molecular formula is C18H15ClN2O4. The second-order valence-electron chi connectivity index (χ2n) is 5.53. The first-order valence-electron chi connectivity index (χ1n) is 7.66. The third-order valence-corrected chi connectivity index (χ3v) is 3.86. The summed E-state index contributed by atoms with van der Waals surface area (Å²) in [5.41, 5.74) is 1.46. The van der Waals surface area contributed by atoms with Gasteiger partial charge in [0.2, 0.25) is 5.91 Å². The number of nitrogens with one attached hydrogen (secondary N) is 2. The van der Waals surface area contributed by atoms with Crippen LogP contribution < -0.4 is 15.4 Å². The van der Waals surface area contributed by atoms with Crippen LogP contribution in [-0.2, 0) is 9.59 Å². The van der Waals surface area contributed by atoms with Crippen LogP contribution in [0.5, 0.6) is 5.75 Å². The third kappa shape index (κ3) is 4.36. The van der Waals surface area contributed by atoms with Crippen LogP contribution >= 0.6 is 11.6 Å². The fraction of sp³-hybridized carbons (Fsp3) is 0.167. The Morgan fingerprint density at radius 2 is 2.00 bits per heavy atom. The Morgan fingerprint density at radius 1 is 1.16 bits per heavy atom. The van der Waals surface area contributed by atoms with Crippen molar-refractivity contribution in [2.75, 3.05) is 17.2 Å². The minimum absolute atomic E-state index is 0.0377. The molecular weight excluding hydrogens is 344 g/mol. The molecule has 2 amide bonds. The Labute approximate surface area is 149 Å². The molecule has 0 radical (unpaired) electrons. The summed E-state index contributed by atoms with van der Waals surface area (Å²) in [6.45, 7) is -0.0377. The summed E-state index contributed by atoms with van der Waals surface area (Å²) in [7, 11) is 0. The van der Waals surface area contributed by atoms with Gasteiger partial charge in [-0.1, -0.05) is 17.7 Å². The summed E-state index contributed by atoms with van der Waals surface area (Å²) in [6.07, 6.45) is 0.102. The zero-order valence-electron chi connectivity index (χ0n) is 13.2. The van der Waals surface area contributed by atoms with Gasteiger partial charge in [0, 0.05) is 29.1 Å². The van der Waals surface area contributed by atoms with Crippen LogP contribution in [0.15, 0.2) is 42.5 Å². The number of fused-ring (bicyclic) bond motifs is 1. The molecule has 128 valence electrons. The van der Waals surface area contributed by atoms with E-state index in [0.717, 1.165) is 0 Å². The molecule has 0 saturated heterocycles. The quantitative estimate of drug-likeness (QED) is 0.803. The molecule has 6 nitrogen and oxygen atoms in total. The molecule has 0 aromatic heterocycles. The number of carbonyl (C=O) groups excluding carboxylic acids is 3. The summed E-state index contributed by atoms with van der Waals surface area (Å²) in [6, 6.07) is 11.6. The molecule has 0 fully saturated rings. The number of ketones is 1. The highest BCUT2D eigenvalue weighted by Crippen LogP contribution is 2.29. The lowest BCUT2D eigenvalue weighted by atomic mass is 10.0. The van der Waals surface area contributed by atoms with Crippen LogP contribution in [0.4, 0.5) is 11.4 Å². The molecule has 7 heteroatoms. The number of benzene rings is 2. The smallest absolute Gasteiger partial charge is 0.262 e. The van der Waals surface area contributed by atoms with Crippen LogP contribution in [0.2, 0.25) is 5.02 Å². The number of amides is 2. The standard InChI is InChI=1S/C18H15ClN2O4/c19-12-2-1-3-13(9-12)20-17(23)7-5-15(22)11-4-6-16-14(8-11)21-18(24)10-25-16/h1-4,6,8-9H,5,7,10H2,(H,20,23)(H,21,24). The molecule has 0 saturated carbocycles. The van der Waals surface area contributed by atoms with Gasteiger partial charge in [0.15, 0.2) is 12.4 Å². The summed E-state index contributed by atoms with van der Waals surface area (Å²) >= 11 is 5.86. The van der Waals surface area contributed by atoms with Crippen molar-refractivity contribution < 1.29 is 19.1 Å². The van der Waals surface area contributed by atoms with Gasteiger partial charge in [-0.15, -0.1) is 0 Å². The first-order chi connectivity index (χ1) is 12.0. The van der Waals surface area contributed by atoms with Crippen molar-refractivity contribution in [1.29, 1.82) is 0 Å². The van der Waals surface area contributed by atoms with Gasteiger partial charge in [-0.3, -0.25) is 14.4 Å². The van der Waals surface area contributed by atoms with Crippen LogP contribution in [0, 0.1) is 0 Å². The largest absolute Gasteiger partial charge is 0.482 e. The fourth-order valence-electron chi connectivity index (χ4n) is 2.42. The second-order valence-corrected chi connectivity index (χ2v) is 5.97. The molecule has 2 N–H and O–H groups in total. The number of carbonyl (C=O) groups is 3. The minimum Gasteiger partial charge on any atom is -0.482 e. The Balaban J connectivity index is 1.58. The van der Waals surface area contributed by atoms with Gasteiger partial charge in [0.25, 0.3) is 5.91 Å². The number of Topliss-reactive ketones (excluding diaryl/α,β-unsaturated/α-hetero) is 1. The lowest BCUT2D eigenvalue weighted by Crippen LogP contribution is -2.25.